The van der Waals surface area contributed by atoms with Gasteiger partial charge in [0.2, 0.25) is 0 Å². The molecule has 0 saturated carbocycles. The number of allylic oxidation sites excluding steroid dienone is 3. The number of carbonyl (C=O) groups excluding carboxylic acids is 1. The lowest BCUT2D eigenvalue weighted by molar-refractivity contribution is -0.137. The molecule has 1 aromatic carbocycles. The number of carboxylic acids is 1. The van der Waals surface area contributed by atoms with Crippen molar-refractivity contribution >= 4 is 29.5 Å². The Morgan fingerprint density at radius 1 is 1.38 bits per heavy atom. The molecule has 0 aliphatic carbocycles. The van der Waals surface area contributed by atoms with E-state index < -0.39 is 5.97 Å². The zero-order valence-corrected chi connectivity index (χ0v) is 18.5. The van der Waals surface area contributed by atoms with Gasteiger partial charge in [-0.1, -0.05) is 24.2 Å². The fourth-order valence-corrected chi connectivity index (χ4v) is 3.04. The molecular formula is C24H30FN3O4. The summed E-state index contributed by atoms with van der Waals surface area (Å²) in [6, 6.07) is 5.29. The molecule has 1 unspecified atom stereocenters. The van der Waals surface area contributed by atoms with Gasteiger partial charge in [0.1, 0.15) is 11.9 Å². The fourth-order valence-electron chi connectivity index (χ4n) is 3.04. The van der Waals surface area contributed by atoms with E-state index in [1.807, 2.05) is 13.8 Å². The molecule has 1 aliphatic heterocycles. The van der Waals surface area contributed by atoms with Crippen molar-refractivity contribution in [1.82, 2.24) is 5.32 Å². The van der Waals surface area contributed by atoms with Crippen LogP contribution in [-0.4, -0.2) is 41.6 Å². The first-order valence-corrected chi connectivity index (χ1v) is 10.8. The Morgan fingerprint density at radius 3 is 2.88 bits per heavy atom. The van der Waals surface area contributed by atoms with Gasteiger partial charge in [0.15, 0.2) is 0 Å². The van der Waals surface area contributed by atoms with Crippen molar-refractivity contribution in [3.63, 3.8) is 0 Å². The van der Waals surface area contributed by atoms with Crippen LogP contribution in [0.5, 0.6) is 0 Å². The molecular weight excluding hydrogens is 413 g/mol. The number of hydrogen-bond acceptors (Lipinski definition) is 5. The van der Waals surface area contributed by atoms with E-state index in [0.29, 0.717) is 43.4 Å². The summed E-state index contributed by atoms with van der Waals surface area (Å²) in [6.07, 6.45) is 9.27. The molecule has 8 heteroatoms. The second-order valence-electron chi connectivity index (χ2n) is 7.45. The molecule has 0 fully saturated rings. The van der Waals surface area contributed by atoms with Gasteiger partial charge in [-0.05, 0) is 56.9 Å². The highest BCUT2D eigenvalue weighted by Crippen LogP contribution is 2.25. The number of aliphatic carboxylic acids is 1. The van der Waals surface area contributed by atoms with Gasteiger partial charge in [0.05, 0.1) is 17.0 Å². The minimum Gasteiger partial charge on any atom is -0.481 e. The van der Waals surface area contributed by atoms with Crippen molar-refractivity contribution in [2.75, 3.05) is 6.54 Å². The van der Waals surface area contributed by atoms with E-state index in [1.54, 1.807) is 30.5 Å². The van der Waals surface area contributed by atoms with Crippen LogP contribution in [-0.2, 0) is 9.63 Å². The molecule has 0 radical (unpaired) electrons. The number of benzene rings is 1. The number of carbonyl (C=O) groups is 2. The summed E-state index contributed by atoms with van der Waals surface area (Å²) in [4.78, 5) is 33.0. The summed E-state index contributed by atoms with van der Waals surface area (Å²) in [6.45, 7) is 3.96. The van der Waals surface area contributed by atoms with Gasteiger partial charge in [-0.15, -0.1) is 0 Å². The second-order valence-corrected chi connectivity index (χ2v) is 7.45. The standard InChI is InChI=1S/C24H30FN3O4/c1-3-8-19(25)9-7-14-27-24(31)20-12-11-18(21-15-17(2)32-28-21)16-22(20)26-13-6-4-5-10-23(29)30/h7-9,11-13,16-17H,3-6,10,14-15H2,1-2H3,(H,27,31)(H,29,30)/b9-7-,19-8+,26-13?. The van der Waals surface area contributed by atoms with Gasteiger partial charge in [0, 0.05) is 31.2 Å². The predicted molar refractivity (Wildman–Crippen MR) is 123 cm³/mol. The van der Waals surface area contributed by atoms with E-state index in [2.05, 4.69) is 15.5 Å². The molecule has 0 saturated heterocycles. The molecule has 172 valence electrons. The number of oxime groups is 1. The lowest BCUT2D eigenvalue weighted by Gasteiger charge is -2.08. The zero-order valence-electron chi connectivity index (χ0n) is 18.5. The minimum atomic E-state index is -0.818. The molecule has 2 N–H and O–H groups in total. The first-order chi connectivity index (χ1) is 15.4. The molecule has 32 heavy (non-hydrogen) atoms. The Hall–Kier alpha value is -3.29. The summed E-state index contributed by atoms with van der Waals surface area (Å²) < 4.78 is 13.4. The number of nitrogens with one attached hydrogen (secondary N) is 1. The highest BCUT2D eigenvalue weighted by Gasteiger charge is 2.20. The SMILES string of the molecule is CC/C=C(F)\C=C/CNC(=O)c1ccc(C2=NOC(C)C2)cc1N=CCCCCC(=O)O. The molecule has 1 amide bonds. The van der Waals surface area contributed by atoms with Crippen LogP contribution < -0.4 is 5.32 Å². The van der Waals surface area contributed by atoms with E-state index >= 15 is 0 Å². The van der Waals surface area contributed by atoms with Crippen LogP contribution in [0.2, 0.25) is 0 Å². The average Bonchev–Trinajstić information content (AvgIpc) is 3.19. The van der Waals surface area contributed by atoms with Crippen molar-refractivity contribution in [2.24, 2.45) is 10.1 Å². The third kappa shape index (κ3) is 8.45. The summed E-state index contributed by atoms with van der Waals surface area (Å²) in [7, 11) is 0. The van der Waals surface area contributed by atoms with Gasteiger partial charge in [-0.25, -0.2) is 4.39 Å². The fraction of sp³-hybridized carbons (Fsp3) is 0.417. The molecule has 0 spiro atoms. The van der Waals surface area contributed by atoms with Gasteiger partial charge in [0.25, 0.3) is 5.91 Å². The Balaban J connectivity index is 2.10. The first-order valence-electron chi connectivity index (χ1n) is 10.8. The second kappa shape index (κ2) is 13.2. The van der Waals surface area contributed by atoms with Crippen LogP contribution in [0.1, 0.15) is 68.3 Å². The number of nitrogens with zero attached hydrogens (tertiary/aromatic N) is 2. The quantitative estimate of drug-likeness (QED) is 0.267. The lowest BCUT2D eigenvalue weighted by atomic mass is 10.0. The normalized spacial score (nSPS) is 16.4. The zero-order chi connectivity index (χ0) is 23.3. The maximum atomic E-state index is 13.4. The van der Waals surface area contributed by atoms with E-state index in [-0.39, 0.29) is 30.8 Å². The topological polar surface area (TPSA) is 100 Å². The van der Waals surface area contributed by atoms with Crippen molar-refractivity contribution in [1.29, 1.82) is 0 Å². The van der Waals surface area contributed by atoms with Crippen LogP contribution in [0.15, 0.2) is 52.4 Å². The first kappa shape index (κ1) is 25.0. The molecule has 1 heterocycles. The van der Waals surface area contributed by atoms with Crippen LogP contribution >= 0.6 is 0 Å². The molecule has 1 aliphatic rings. The minimum absolute atomic E-state index is 0.00287. The van der Waals surface area contributed by atoms with Gasteiger partial charge in [-0.3, -0.25) is 14.6 Å². The van der Waals surface area contributed by atoms with Crippen LogP contribution in [0, 0.1) is 0 Å². The maximum absolute atomic E-state index is 13.4. The Bertz CT molecular complexity index is 922. The van der Waals surface area contributed by atoms with Crippen molar-refractivity contribution in [3.05, 3.63) is 53.4 Å². The van der Waals surface area contributed by atoms with Crippen molar-refractivity contribution in [2.45, 2.75) is 58.5 Å². The Labute approximate surface area is 187 Å². The van der Waals surface area contributed by atoms with Crippen LogP contribution in [0.3, 0.4) is 0 Å². The monoisotopic (exact) mass is 443 g/mol. The number of amides is 1. The number of aliphatic imine (C=N–C) groups is 1. The number of unbranched alkanes of at least 4 members (excludes halogenated alkanes) is 2. The number of halogens is 1. The van der Waals surface area contributed by atoms with E-state index in [0.717, 1.165) is 11.3 Å². The third-order valence-electron chi connectivity index (χ3n) is 4.66. The maximum Gasteiger partial charge on any atom is 0.303 e. The predicted octanol–water partition coefficient (Wildman–Crippen LogP) is 5.10. The molecule has 0 aromatic heterocycles. The number of hydrogen-bond donors (Lipinski definition) is 2. The summed E-state index contributed by atoms with van der Waals surface area (Å²) in [5.74, 6) is -1.48. The molecule has 7 nitrogen and oxygen atoms in total. The molecule has 2 rings (SSSR count). The van der Waals surface area contributed by atoms with Gasteiger partial charge >= 0.3 is 5.97 Å². The van der Waals surface area contributed by atoms with Crippen LogP contribution in [0.4, 0.5) is 10.1 Å². The third-order valence-corrected chi connectivity index (χ3v) is 4.66. The highest BCUT2D eigenvalue weighted by atomic mass is 19.1. The average molecular weight is 444 g/mol. The largest absolute Gasteiger partial charge is 0.481 e. The highest BCUT2D eigenvalue weighted by molar-refractivity contribution is 6.05. The summed E-state index contributed by atoms with van der Waals surface area (Å²) in [5.41, 5.74) is 2.50. The van der Waals surface area contributed by atoms with Crippen molar-refractivity contribution < 1.29 is 23.9 Å². The molecule has 1 aromatic rings. The Kier molecular flexibility index (Phi) is 10.3. The van der Waals surface area contributed by atoms with E-state index in [1.165, 1.54) is 12.2 Å². The van der Waals surface area contributed by atoms with E-state index in [9.17, 15) is 14.0 Å². The molecule has 0 bridgehead atoms. The summed E-state index contributed by atoms with van der Waals surface area (Å²) in [5, 5.41) is 15.5. The number of rotatable bonds is 12. The number of carboxylic acid groups (broad SMARTS) is 1. The Morgan fingerprint density at radius 2 is 2.19 bits per heavy atom. The lowest BCUT2D eigenvalue weighted by Crippen LogP contribution is -2.23. The van der Waals surface area contributed by atoms with E-state index in [4.69, 9.17) is 9.94 Å². The van der Waals surface area contributed by atoms with Gasteiger partial charge in [-0.2, -0.15) is 0 Å². The smallest absolute Gasteiger partial charge is 0.303 e. The molecule has 1 atom stereocenters. The summed E-state index contributed by atoms with van der Waals surface area (Å²) >= 11 is 0. The van der Waals surface area contributed by atoms with Gasteiger partial charge < -0.3 is 15.3 Å². The van der Waals surface area contributed by atoms with Crippen molar-refractivity contribution in [3.8, 4) is 0 Å². The van der Waals surface area contributed by atoms with Crippen LogP contribution in [0.25, 0.3) is 0 Å².